The van der Waals surface area contributed by atoms with Crippen molar-refractivity contribution in [2.45, 2.75) is 24.7 Å². The maximum atomic E-state index is 13.6. The molecule has 5 aromatic rings. The van der Waals surface area contributed by atoms with Gasteiger partial charge in [0.1, 0.15) is 5.82 Å². The van der Waals surface area contributed by atoms with Crippen molar-refractivity contribution < 1.29 is 17.6 Å². The minimum atomic E-state index is -3.92. The number of nitrogens with zero attached hydrogens (tertiary/aromatic N) is 3. The molecule has 0 spiro atoms. The molecule has 8 heteroatoms. The van der Waals surface area contributed by atoms with Crippen LogP contribution in [0.15, 0.2) is 77.8 Å². The Hall–Kier alpha value is -3.78. The number of aromatic nitrogens is 3. The highest BCUT2D eigenvalue weighted by molar-refractivity contribution is 7.90. The van der Waals surface area contributed by atoms with Crippen LogP contribution in [-0.4, -0.2) is 28.5 Å². The molecule has 0 fully saturated rings. The smallest absolute Gasteiger partial charge is 0.283 e. The highest BCUT2D eigenvalue weighted by atomic mass is 32.2. The van der Waals surface area contributed by atoms with E-state index < -0.39 is 10.0 Å². The average Bonchev–Trinajstić information content (AvgIpc) is 3.37. The Morgan fingerprint density at radius 1 is 0.970 bits per heavy atom. The Bertz CT molecular complexity index is 1620. The van der Waals surface area contributed by atoms with Gasteiger partial charge < -0.3 is 4.57 Å². The van der Waals surface area contributed by atoms with Crippen molar-refractivity contribution in [1.29, 1.82) is 0 Å². The molecule has 0 N–H and O–H groups in total. The molecular formula is C25H20FN3O3S. The van der Waals surface area contributed by atoms with Gasteiger partial charge in [0.2, 0.25) is 0 Å². The first kappa shape index (κ1) is 21.1. The third kappa shape index (κ3) is 3.25. The largest absolute Gasteiger partial charge is 0.313 e. The number of carbonyl (C=O) groups is 1. The molecule has 2 heterocycles. The van der Waals surface area contributed by atoms with E-state index in [1.165, 1.54) is 30.5 Å². The molecule has 0 amide bonds. The first-order valence-corrected chi connectivity index (χ1v) is 11.8. The van der Waals surface area contributed by atoms with E-state index in [9.17, 15) is 17.6 Å². The summed E-state index contributed by atoms with van der Waals surface area (Å²) in [5, 5.41) is 5.37. The van der Waals surface area contributed by atoms with Gasteiger partial charge in [-0.1, -0.05) is 32.0 Å². The van der Waals surface area contributed by atoms with Crippen molar-refractivity contribution in [1.82, 2.24) is 13.8 Å². The topological polar surface area (TPSA) is 74.0 Å². The van der Waals surface area contributed by atoms with Crippen molar-refractivity contribution in [3.8, 4) is 5.69 Å². The summed E-state index contributed by atoms with van der Waals surface area (Å²) in [7, 11) is -3.92. The van der Waals surface area contributed by atoms with Crippen LogP contribution in [0.25, 0.3) is 27.5 Å². The molecule has 0 aliphatic rings. The number of fused-ring (bicyclic) bond motifs is 2. The van der Waals surface area contributed by atoms with Gasteiger partial charge in [0.25, 0.3) is 10.0 Å². The lowest BCUT2D eigenvalue weighted by Crippen LogP contribution is -2.14. The molecule has 166 valence electrons. The van der Waals surface area contributed by atoms with Gasteiger partial charge in [-0.3, -0.25) is 4.79 Å². The van der Waals surface area contributed by atoms with Gasteiger partial charge in [0.15, 0.2) is 6.29 Å². The number of hydrogen-bond donors (Lipinski definition) is 0. The molecule has 3 aromatic carbocycles. The Balaban J connectivity index is 1.85. The lowest BCUT2D eigenvalue weighted by molar-refractivity contribution is 0.112. The zero-order valence-corrected chi connectivity index (χ0v) is 18.8. The highest BCUT2D eigenvalue weighted by Crippen LogP contribution is 2.36. The summed E-state index contributed by atoms with van der Waals surface area (Å²) in [5.41, 5.74) is 3.04. The minimum Gasteiger partial charge on any atom is -0.313 e. The van der Waals surface area contributed by atoms with Crippen LogP contribution in [0, 0.1) is 5.82 Å². The minimum absolute atomic E-state index is 0.0182. The fourth-order valence-corrected chi connectivity index (χ4v) is 5.56. The Kier molecular flexibility index (Phi) is 4.90. The van der Waals surface area contributed by atoms with E-state index in [-0.39, 0.29) is 16.6 Å². The maximum Gasteiger partial charge on any atom is 0.283 e. The van der Waals surface area contributed by atoms with Crippen molar-refractivity contribution in [3.63, 3.8) is 0 Å². The Labute approximate surface area is 189 Å². The molecule has 6 nitrogen and oxygen atoms in total. The number of carbonyl (C=O) groups excluding carboxylic acids is 1. The fraction of sp³-hybridized carbons (Fsp3) is 0.120. The molecule has 0 aliphatic heterocycles. The van der Waals surface area contributed by atoms with Crippen LogP contribution >= 0.6 is 0 Å². The first-order chi connectivity index (χ1) is 15.8. The van der Waals surface area contributed by atoms with Crippen LogP contribution in [-0.2, 0) is 10.0 Å². The van der Waals surface area contributed by atoms with E-state index in [1.54, 1.807) is 36.4 Å². The fourth-order valence-electron chi connectivity index (χ4n) is 4.27. The zero-order valence-electron chi connectivity index (χ0n) is 17.9. The van der Waals surface area contributed by atoms with Crippen LogP contribution in [0.5, 0.6) is 0 Å². The lowest BCUT2D eigenvalue weighted by Gasteiger charge is -2.14. The monoisotopic (exact) mass is 461 g/mol. The number of aldehydes is 1. The SMILES string of the molecule is CC(C)c1c(C=O)c2cc3c(cnn3S(=O)(=O)c3ccccc3)cc2n1-c1ccc(F)cc1. The molecule has 0 radical (unpaired) electrons. The predicted molar refractivity (Wildman–Crippen MR) is 125 cm³/mol. The highest BCUT2D eigenvalue weighted by Gasteiger charge is 2.24. The van der Waals surface area contributed by atoms with Crippen LogP contribution in [0.1, 0.15) is 35.8 Å². The second kappa shape index (κ2) is 7.67. The summed E-state index contributed by atoms with van der Waals surface area (Å²) in [5.74, 6) is -0.373. The van der Waals surface area contributed by atoms with Crippen LogP contribution in [0.3, 0.4) is 0 Å². The summed E-state index contributed by atoms with van der Waals surface area (Å²) in [6, 6.07) is 17.6. The van der Waals surface area contributed by atoms with Crippen molar-refractivity contribution in [2.24, 2.45) is 0 Å². The molecule has 33 heavy (non-hydrogen) atoms. The number of halogens is 1. The van der Waals surface area contributed by atoms with Gasteiger partial charge in [-0.2, -0.15) is 17.6 Å². The molecular weight excluding hydrogens is 441 g/mol. The standard InChI is InChI=1S/C25H20FN3O3S/c1-16(2)25-22(15-30)21-13-23-17(12-24(21)28(25)19-10-8-18(26)9-11-19)14-27-29(23)33(31,32)20-6-4-3-5-7-20/h3-16H,1-2H3. The van der Waals surface area contributed by atoms with Crippen molar-refractivity contribution in [2.75, 3.05) is 0 Å². The second-order valence-electron chi connectivity index (χ2n) is 8.12. The van der Waals surface area contributed by atoms with E-state index in [1.807, 2.05) is 24.5 Å². The van der Waals surface area contributed by atoms with Crippen molar-refractivity contribution >= 4 is 38.1 Å². The van der Waals surface area contributed by atoms with Gasteiger partial charge in [-0.05, 0) is 54.4 Å². The van der Waals surface area contributed by atoms with E-state index >= 15 is 0 Å². The summed E-state index contributed by atoms with van der Waals surface area (Å²) in [4.78, 5) is 12.3. The quantitative estimate of drug-likeness (QED) is 0.333. The summed E-state index contributed by atoms with van der Waals surface area (Å²) in [6.07, 6.45) is 2.28. The molecule has 0 saturated heterocycles. The van der Waals surface area contributed by atoms with Crippen molar-refractivity contribution in [3.05, 3.63) is 90.0 Å². The third-order valence-electron chi connectivity index (χ3n) is 5.72. The van der Waals surface area contributed by atoms with Gasteiger partial charge in [-0.15, -0.1) is 0 Å². The maximum absolute atomic E-state index is 13.6. The average molecular weight is 462 g/mol. The predicted octanol–water partition coefficient (Wildman–Crippen LogP) is 5.29. The summed E-state index contributed by atoms with van der Waals surface area (Å²) < 4.78 is 42.9. The third-order valence-corrected chi connectivity index (χ3v) is 7.33. The molecule has 2 aromatic heterocycles. The molecule has 0 unspecified atom stereocenters. The van der Waals surface area contributed by atoms with Crippen LogP contribution in [0.4, 0.5) is 4.39 Å². The van der Waals surface area contributed by atoms with Crippen LogP contribution in [0.2, 0.25) is 0 Å². The van der Waals surface area contributed by atoms with Gasteiger partial charge >= 0.3 is 0 Å². The normalized spacial score (nSPS) is 12.1. The first-order valence-electron chi connectivity index (χ1n) is 10.4. The van der Waals surface area contributed by atoms with Gasteiger partial charge in [0.05, 0.1) is 22.1 Å². The van der Waals surface area contributed by atoms with Gasteiger partial charge in [0, 0.05) is 27.7 Å². The molecule has 0 aliphatic carbocycles. The molecule has 0 atom stereocenters. The van der Waals surface area contributed by atoms with E-state index in [0.29, 0.717) is 27.5 Å². The Morgan fingerprint density at radius 3 is 2.30 bits per heavy atom. The van der Waals surface area contributed by atoms with Gasteiger partial charge in [-0.25, -0.2) is 4.39 Å². The van der Waals surface area contributed by atoms with E-state index in [4.69, 9.17) is 0 Å². The zero-order chi connectivity index (χ0) is 23.3. The summed E-state index contributed by atoms with van der Waals surface area (Å²) >= 11 is 0. The second-order valence-corrected chi connectivity index (χ2v) is 9.88. The number of rotatable bonds is 5. The molecule has 0 saturated carbocycles. The lowest BCUT2D eigenvalue weighted by atomic mass is 10.0. The van der Waals surface area contributed by atoms with E-state index in [0.717, 1.165) is 21.6 Å². The molecule has 5 rings (SSSR count). The number of benzene rings is 3. The number of hydrogen-bond acceptors (Lipinski definition) is 4. The van der Waals surface area contributed by atoms with E-state index in [2.05, 4.69) is 5.10 Å². The van der Waals surface area contributed by atoms with Crippen LogP contribution < -0.4 is 0 Å². The molecule has 0 bridgehead atoms. The summed E-state index contributed by atoms with van der Waals surface area (Å²) in [6.45, 7) is 3.95. The Morgan fingerprint density at radius 2 is 1.67 bits per heavy atom.